The van der Waals surface area contributed by atoms with Crippen molar-refractivity contribution in [2.45, 2.75) is 19.3 Å². The van der Waals surface area contributed by atoms with Crippen molar-refractivity contribution in [3.63, 3.8) is 0 Å². The molecular weight excluding hydrogens is 212 g/mol. The summed E-state index contributed by atoms with van der Waals surface area (Å²) < 4.78 is 0. The largest absolute Gasteiger partial charge is 0.298 e. The van der Waals surface area contributed by atoms with Crippen molar-refractivity contribution in [1.82, 2.24) is 0 Å². The van der Waals surface area contributed by atoms with Crippen LogP contribution in [-0.2, 0) is 9.59 Å². The monoisotopic (exact) mass is 226 g/mol. The molecule has 0 spiro atoms. The lowest BCUT2D eigenvalue weighted by Gasteiger charge is -2.32. The standard InChI is InChI=1S/C15H14O2/c16-14-9-13(10-5-2-1-3-6-10)11-7-4-8-12(14)15(11)17/h1-3,5-6,9,11-12H,4,7-8H2/t11-,12+/m0/s1. The molecule has 0 saturated heterocycles. The Bertz CT molecular complexity index is 499. The summed E-state index contributed by atoms with van der Waals surface area (Å²) in [6.45, 7) is 0. The second-order valence-corrected chi connectivity index (χ2v) is 4.81. The highest BCUT2D eigenvalue weighted by Gasteiger charge is 2.40. The first-order valence-electron chi connectivity index (χ1n) is 6.12. The second kappa shape index (κ2) is 3.95. The smallest absolute Gasteiger partial charge is 0.166 e. The van der Waals surface area contributed by atoms with E-state index in [2.05, 4.69) is 0 Å². The maximum absolute atomic E-state index is 12.1. The Kier molecular flexibility index (Phi) is 2.43. The Morgan fingerprint density at radius 1 is 0.941 bits per heavy atom. The molecule has 1 fully saturated rings. The number of rotatable bonds is 1. The predicted octanol–water partition coefficient (Wildman–Crippen LogP) is 2.64. The summed E-state index contributed by atoms with van der Waals surface area (Å²) in [4.78, 5) is 24.0. The average molecular weight is 226 g/mol. The van der Waals surface area contributed by atoms with Crippen LogP contribution in [-0.4, -0.2) is 11.6 Å². The molecule has 0 aliphatic heterocycles. The van der Waals surface area contributed by atoms with Crippen LogP contribution in [0.15, 0.2) is 36.4 Å². The minimum Gasteiger partial charge on any atom is -0.298 e. The molecule has 0 aromatic heterocycles. The fourth-order valence-electron chi connectivity index (χ4n) is 2.91. The molecular formula is C15H14O2. The molecule has 2 nitrogen and oxygen atoms in total. The van der Waals surface area contributed by atoms with E-state index in [1.54, 1.807) is 6.08 Å². The van der Waals surface area contributed by atoms with Crippen molar-refractivity contribution in [2.24, 2.45) is 11.8 Å². The van der Waals surface area contributed by atoms with E-state index >= 15 is 0 Å². The molecule has 2 bridgehead atoms. The number of ketones is 2. The van der Waals surface area contributed by atoms with Crippen molar-refractivity contribution in [1.29, 1.82) is 0 Å². The molecule has 0 heterocycles. The zero-order chi connectivity index (χ0) is 11.8. The van der Waals surface area contributed by atoms with Crippen LogP contribution in [0.1, 0.15) is 24.8 Å². The van der Waals surface area contributed by atoms with Gasteiger partial charge in [-0.1, -0.05) is 36.8 Å². The maximum Gasteiger partial charge on any atom is 0.166 e. The molecule has 1 saturated carbocycles. The van der Waals surface area contributed by atoms with Crippen LogP contribution in [0.4, 0.5) is 0 Å². The van der Waals surface area contributed by atoms with Crippen LogP contribution in [0, 0.1) is 11.8 Å². The molecule has 0 radical (unpaired) electrons. The fourth-order valence-corrected chi connectivity index (χ4v) is 2.91. The van der Waals surface area contributed by atoms with Gasteiger partial charge in [-0.2, -0.15) is 0 Å². The van der Waals surface area contributed by atoms with Crippen molar-refractivity contribution in [3.8, 4) is 0 Å². The van der Waals surface area contributed by atoms with Crippen molar-refractivity contribution in [2.75, 3.05) is 0 Å². The first-order chi connectivity index (χ1) is 8.27. The molecule has 17 heavy (non-hydrogen) atoms. The number of fused-ring (bicyclic) bond motifs is 2. The number of allylic oxidation sites excluding steroid dienone is 2. The Morgan fingerprint density at radius 3 is 2.41 bits per heavy atom. The molecule has 0 amide bonds. The van der Waals surface area contributed by atoms with E-state index in [9.17, 15) is 9.59 Å². The predicted molar refractivity (Wildman–Crippen MR) is 65.3 cm³/mol. The van der Waals surface area contributed by atoms with Crippen LogP contribution >= 0.6 is 0 Å². The van der Waals surface area contributed by atoms with E-state index in [1.165, 1.54) is 0 Å². The highest BCUT2D eigenvalue weighted by molar-refractivity contribution is 6.18. The van der Waals surface area contributed by atoms with Gasteiger partial charge < -0.3 is 0 Å². The highest BCUT2D eigenvalue weighted by Crippen LogP contribution is 2.39. The molecule has 0 unspecified atom stereocenters. The molecule has 1 aromatic rings. The normalized spacial score (nSPS) is 27.9. The van der Waals surface area contributed by atoms with Gasteiger partial charge in [-0.15, -0.1) is 0 Å². The second-order valence-electron chi connectivity index (χ2n) is 4.81. The van der Waals surface area contributed by atoms with Crippen molar-refractivity contribution < 1.29 is 9.59 Å². The van der Waals surface area contributed by atoms with Gasteiger partial charge in [-0.3, -0.25) is 9.59 Å². The Labute approximate surface area is 100 Å². The summed E-state index contributed by atoms with van der Waals surface area (Å²) in [5, 5.41) is 0. The van der Waals surface area contributed by atoms with Crippen molar-refractivity contribution in [3.05, 3.63) is 42.0 Å². The molecule has 1 aromatic carbocycles. The first-order valence-corrected chi connectivity index (χ1v) is 6.12. The highest BCUT2D eigenvalue weighted by atomic mass is 16.2. The van der Waals surface area contributed by atoms with E-state index in [1.807, 2.05) is 30.3 Å². The summed E-state index contributed by atoms with van der Waals surface area (Å²) >= 11 is 0. The summed E-state index contributed by atoms with van der Waals surface area (Å²) in [6, 6.07) is 9.78. The molecule has 2 atom stereocenters. The summed E-state index contributed by atoms with van der Waals surface area (Å²) in [7, 11) is 0. The summed E-state index contributed by atoms with van der Waals surface area (Å²) in [5.74, 6) is -0.248. The van der Waals surface area contributed by atoms with E-state index in [-0.39, 0.29) is 23.4 Å². The van der Waals surface area contributed by atoms with Gasteiger partial charge >= 0.3 is 0 Å². The van der Waals surface area contributed by atoms with Gasteiger partial charge in [-0.05, 0) is 30.1 Å². The Hall–Kier alpha value is -1.70. The van der Waals surface area contributed by atoms with Gasteiger partial charge in [-0.25, -0.2) is 0 Å². The molecule has 86 valence electrons. The third kappa shape index (κ3) is 1.64. The Morgan fingerprint density at radius 2 is 1.65 bits per heavy atom. The minimum absolute atomic E-state index is 0.00445. The lowest BCUT2D eigenvalue weighted by Crippen LogP contribution is -2.37. The van der Waals surface area contributed by atoms with Crippen LogP contribution < -0.4 is 0 Å². The molecule has 2 aliphatic rings. The van der Waals surface area contributed by atoms with Gasteiger partial charge in [0.05, 0.1) is 5.92 Å². The third-order valence-corrected chi connectivity index (χ3v) is 3.80. The lowest BCUT2D eigenvalue weighted by molar-refractivity contribution is -0.134. The lowest BCUT2D eigenvalue weighted by atomic mass is 9.69. The average Bonchev–Trinajstić information content (AvgIpc) is 2.35. The van der Waals surface area contributed by atoms with E-state index < -0.39 is 0 Å². The number of benzene rings is 1. The first kappa shape index (κ1) is 10.5. The minimum atomic E-state index is -0.346. The maximum atomic E-state index is 12.1. The van der Waals surface area contributed by atoms with Crippen LogP contribution in [0.2, 0.25) is 0 Å². The SMILES string of the molecule is O=C1C=C(c2ccccc2)[C@@H]2CCC[C@H]1C2=O. The molecule has 3 rings (SSSR count). The Balaban J connectivity index is 2.08. The van der Waals surface area contributed by atoms with E-state index in [4.69, 9.17) is 0 Å². The van der Waals surface area contributed by atoms with Gasteiger partial charge in [0.1, 0.15) is 0 Å². The van der Waals surface area contributed by atoms with Crippen LogP contribution in [0.3, 0.4) is 0 Å². The number of carbonyl (C=O) groups excluding carboxylic acids is 2. The van der Waals surface area contributed by atoms with Gasteiger partial charge in [0, 0.05) is 5.92 Å². The van der Waals surface area contributed by atoms with E-state index in [0.29, 0.717) is 0 Å². The summed E-state index contributed by atoms with van der Waals surface area (Å²) in [5.41, 5.74) is 1.94. The zero-order valence-corrected chi connectivity index (χ0v) is 9.56. The summed E-state index contributed by atoms with van der Waals surface area (Å²) in [6.07, 6.45) is 4.32. The number of carbonyl (C=O) groups is 2. The third-order valence-electron chi connectivity index (χ3n) is 3.80. The number of hydrogen-bond donors (Lipinski definition) is 0. The molecule has 2 aliphatic carbocycles. The quantitative estimate of drug-likeness (QED) is 0.690. The molecule has 2 heteroatoms. The van der Waals surface area contributed by atoms with Crippen LogP contribution in [0.5, 0.6) is 0 Å². The van der Waals surface area contributed by atoms with Crippen LogP contribution in [0.25, 0.3) is 5.57 Å². The van der Waals surface area contributed by atoms with E-state index in [0.717, 1.165) is 30.4 Å². The van der Waals surface area contributed by atoms with Gasteiger partial charge in [0.2, 0.25) is 0 Å². The molecule has 0 N–H and O–H groups in total. The fraction of sp³-hybridized carbons (Fsp3) is 0.333. The zero-order valence-electron chi connectivity index (χ0n) is 9.56. The number of Topliss-reactive ketones (excluding diaryl/α,β-unsaturated/α-hetero) is 1. The van der Waals surface area contributed by atoms with Gasteiger partial charge in [0.15, 0.2) is 11.6 Å². The number of hydrogen-bond acceptors (Lipinski definition) is 2. The van der Waals surface area contributed by atoms with Gasteiger partial charge in [0.25, 0.3) is 0 Å². The topological polar surface area (TPSA) is 34.1 Å². The van der Waals surface area contributed by atoms with Crippen molar-refractivity contribution >= 4 is 17.1 Å².